The highest BCUT2D eigenvalue weighted by atomic mass is 35.5. The third-order valence-electron chi connectivity index (χ3n) is 11.1. The predicted octanol–water partition coefficient (Wildman–Crippen LogP) is 3.90. The van der Waals surface area contributed by atoms with Crippen LogP contribution in [0.3, 0.4) is 0 Å². The van der Waals surface area contributed by atoms with Gasteiger partial charge in [-0.25, -0.2) is 4.68 Å². The van der Waals surface area contributed by atoms with Crippen molar-refractivity contribution in [2.75, 3.05) is 56.5 Å². The van der Waals surface area contributed by atoms with Gasteiger partial charge in [0.15, 0.2) is 0 Å². The first kappa shape index (κ1) is 33.3. The summed E-state index contributed by atoms with van der Waals surface area (Å²) in [5.74, 6) is -0.302. The first-order valence-corrected chi connectivity index (χ1v) is 17.6. The number of hydrogen-bond acceptors (Lipinski definition) is 8. The number of benzene rings is 2. The molecule has 5 heterocycles. The van der Waals surface area contributed by atoms with Gasteiger partial charge in [-0.2, -0.15) is 5.10 Å². The molecule has 0 bridgehead atoms. The summed E-state index contributed by atoms with van der Waals surface area (Å²) in [6, 6.07) is 14.5. The summed E-state index contributed by atoms with van der Waals surface area (Å²) in [7, 11) is 3.67. The van der Waals surface area contributed by atoms with Crippen molar-refractivity contribution in [3.05, 3.63) is 86.3 Å². The molecular formula is C37H44ClN7O4. The van der Waals surface area contributed by atoms with E-state index in [0.29, 0.717) is 18.5 Å². The molecule has 4 aliphatic heterocycles. The Hall–Kier alpha value is -4.22. The number of amides is 3. The van der Waals surface area contributed by atoms with E-state index in [1.54, 1.807) is 13.2 Å². The second kappa shape index (κ2) is 13.2. The van der Waals surface area contributed by atoms with Gasteiger partial charge in [-0.15, -0.1) is 0 Å². The maximum atomic E-state index is 13.5. The van der Waals surface area contributed by atoms with E-state index in [2.05, 4.69) is 56.8 Å². The summed E-state index contributed by atoms with van der Waals surface area (Å²) in [5, 5.41) is 10.2. The van der Waals surface area contributed by atoms with E-state index in [9.17, 15) is 19.2 Å². The van der Waals surface area contributed by atoms with Crippen LogP contribution in [0.1, 0.15) is 71.0 Å². The fourth-order valence-corrected chi connectivity index (χ4v) is 8.49. The smallest absolute Gasteiger partial charge is 0.287 e. The lowest BCUT2D eigenvalue weighted by Crippen LogP contribution is -2.61. The first-order valence-electron chi connectivity index (χ1n) is 17.2. The van der Waals surface area contributed by atoms with Gasteiger partial charge in [0.1, 0.15) is 5.02 Å². The SMILES string of the molecule is Cc1cc(N2CC3(CCN(C(=O)c4ccc(C5CC(Nc6cnn(C)c(=O)c6Cl)CN(C)C5)cc4)CC3)C2)ccc1C1CCC(=O)NC1=O. The molecule has 2 N–H and O–H groups in total. The fraction of sp³-hybridized carbons (Fsp3) is 0.486. The number of nitrogens with zero attached hydrogens (tertiary/aromatic N) is 5. The third kappa shape index (κ3) is 6.70. The summed E-state index contributed by atoms with van der Waals surface area (Å²) < 4.78 is 1.23. The number of piperidine rings is 3. The van der Waals surface area contributed by atoms with Crippen molar-refractivity contribution in [1.82, 2.24) is 24.9 Å². The molecule has 7 rings (SSSR count). The maximum Gasteiger partial charge on any atom is 0.287 e. The molecule has 0 aliphatic carbocycles. The van der Waals surface area contributed by atoms with E-state index in [-0.39, 0.29) is 51.6 Å². The molecule has 0 saturated carbocycles. The lowest BCUT2D eigenvalue weighted by atomic mass is 9.71. The van der Waals surface area contributed by atoms with Crippen LogP contribution in [-0.4, -0.2) is 89.7 Å². The molecule has 12 heteroatoms. The van der Waals surface area contributed by atoms with Gasteiger partial charge in [0.2, 0.25) is 11.8 Å². The normalized spacial score (nSPS) is 24.0. The average Bonchev–Trinajstić information content (AvgIpc) is 3.07. The molecule has 258 valence electrons. The minimum Gasteiger partial charge on any atom is -0.378 e. The number of halogens is 1. The van der Waals surface area contributed by atoms with Crippen LogP contribution in [0.2, 0.25) is 5.02 Å². The quantitative estimate of drug-likeness (QED) is 0.375. The molecular weight excluding hydrogens is 642 g/mol. The third-order valence-corrected chi connectivity index (χ3v) is 11.5. The van der Waals surface area contributed by atoms with E-state index in [4.69, 9.17) is 11.6 Å². The number of imide groups is 1. The van der Waals surface area contributed by atoms with E-state index in [1.165, 1.54) is 10.2 Å². The highest BCUT2D eigenvalue weighted by Gasteiger charge is 2.45. The zero-order valence-electron chi connectivity index (χ0n) is 28.4. The average molecular weight is 686 g/mol. The van der Waals surface area contributed by atoms with Crippen molar-refractivity contribution in [2.24, 2.45) is 12.5 Å². The number of aromatic nitrogens is 2. The fourth-order valence-electron chi connectivity index (χ4n) is 8.26. The Morgan fingerprint density at radius 1 is 1.02 bits per heavy atom. The molecule has 2 aromatic carbocycles. The van der Waals surface area contributed by atoms with E-state index < -0.39 is 0 Å². The molecule has 4 aliphatic rings. The number of carbonyl (C=O) groups is 3. The second-order valence-corrected chi connectivity index (χ2v) is 15.0. The summed E-state index contributed by atoms with van der Waals surface area (Å²) >= 11 is 6.31. The lowest BCUT2D eigenvalue weighted by Gasteiger charge is -2.55. The number of anilines is 2. The Balaban J connectivity index is 0.917. The van der Waals surface area contributed by atoms with Crippen LogP contribution in [0.5, 0.6) is 0 Å². The van der Waals surface area contributed by atoms with Crippen molar-refractivity contribution in [3.8, 4) is 0 Å². The molecule has 11 nitrogen and oxygen atoms in total. The van der Waals surface area contributed by atoms with Crippen LogP contribution in [0, 0.1) is 12.3 Å². The summed E-state index contributed by atoms with van der Waals surface area (Å²) in [6.07, 6.45) is 5.37. The number of carbonyl (C=O) groups excluding carboxylic acids is 3. The lowest BCUT2D eigenvalue weighted by molar-refractivity contribution is -0.134. The van der Waals surface area contributed by atoms with E-state index in [1.807, 2.05) is 30.0 Å². The molecule has 3 unspecified atom stereocenters. The van der Waals surface area contributed by atoms with Crippen molar-refractivity contribution in [3.63, 3.8) is 0 Å². The van der Waals surface area contributed by atoms with Crippen molar-refractivity contribution in [1.29, 1.82) is 0 Å². The monoisotopic (exact) mass is 685 g/mol. The number of hydrogen-bond donors (Lipinski definition) is 2. The first-order chi connectivity index (χ1) is 23.5. The summed E-state index contributed by atoms with van der Waals surface area (Å²) in [6.45, 7) is 7.21. The van der Waals surface area contributed by atoms with Crippen LogP contribution in [0.15, 0.2) is 53.5 Å². The maximum absolute atomic E-state index is 13.5. The van der Waals surface area contributed by atoms with Gasteiger partial charge in [-0.3, -0.25) is 24.5 Å². The van der Waals surface area contributed by atoms with Gasteiger partial charge in [-0.05, 0) is 86.5 Å². The minimum atomic E-state index is -0.322. The largest absolute Gasteiger partial charge is 0.378 e. The highest BCUT2D eigenvalue weighted by Crippen LogP contribution is 2.43. The van der Waals surface area contributed by atoms with E-state index in [0.717, 1.165) is 80.9 Å². The molecule has 4 fully saturated rings. The molecule has 3 aromatic rings. The van der Waals surface area contributed by atoms with Crippen molar-refractivity contribution < 1.29 is 14.4 Å². The standard InChI is InChI=1S/C37H44ClN7O4/c1-23-16-28(8-9-29(23)30-10-11-32(46)41-34(30)47)45-21-37(22-45)12-14-44(15-13-37)35(48)25-6-4-24(5-7-25)26-17-27(20-42(2)19-26)40-31-18-39-43(3)36(49)33(31)38/h4-9,16,18,26-27,30,40H,10-15,17,19-22H2,1-3H3,(H,41,46,47). The van der Waals surface area contributed by atoms with Crippen LogP contribution < -0.4 is 21.1 Å². The van der Waals surface area contributed by atoms with Gasteiger partial charge in [0, 0.05) is 75.4 Å². The zero-order chi connectivity index (χ0) is 34.4. The van der Waals surface area contributed by atoms with Gasteiger partial charge in [0.25, 0.3) is 11.5 Å². The van der Waals surface area contributed by atoms with Gasteiger partial charge >= 0.3 is 0 Å². The Bertz CT molecular complexity index is 1830. The van der Waals surface area contributed by atoms with Crippen LogP contribution in [-0.2, 0) is 16.6 Å². The van der Waals surface area contributed by atoms with Crippen LogP contribution in [0.25, 0.3) is 0 Å². The molecule has 1 aromatic heterocycles. The molecule has 4 saturated heterocycles. The Kier molecular flexibility index (Phi) is 9.00. The highest BCUT2D eigenvalue weighted by molar-refractivity contribution is 6.32. The van der Waals surface area contributed by atoms with Crippen LogP contribution >= 0.6 is 11.6 Å². The molecule has 49 heavy (non-hydrogen) atoms. The number of nitrogens with one attached hydrogen (secondary N) is 2. The molecule has 3 amide bonds. The van der Waals surface area contributed by atoms with Gasteiger partial charge in [-0.1, -0.05) is 29.8 Å². The van der Waals surface area contributed by atoms with Crippen LogP contribution in [0.4, 0.5) is 11.4 Å². The van der Waals surface area contributed by atoms with Gasteiger partial charge in [0.05, 0.1) is 17.8 Å². The number of likely N-dealkylation sites (tertiary alicyclic amines) is 2. The van der Waals surface area contributed by atoms with E-state index >= 15 is 0 Å². The molecule has 0 radical (unpaired) electrons. The predicted molar refractivity (Wildman–Crippen MR) is 189 cm³/mol. The second-order valence-electron chi connectivity index (χ2n) is 14.6. The molecule has 3 atom stereocenters. The number of likely N-dealkylation sites (N-methyl/N-ethyl adjacent to an activating group) is 1. The topological polar surface area (TPSA) is 120 Å². The number of rotatable bonds is 6. The van der Waals surface area contributed by atoms with Crippen molar-refractivity contribution >= 4 is 40.7 Å². The number of aryl methyl sites for hydroxylation is 2. The molecule has 1 spiro atoms. The Morgan fingerprint density at radius 2 is 1.76 bits per heavy atom. The Labute approximate surface area is 291 Å². The zero-order valence-corrected chi connectivity index (χ0v) is 29.1. The summed E-state index contributed by atoms with van der Waals surface area (Å²) in [5.41, 5.74) is 5.60. The Morgan fingerprint density at radius 3 is 2.45 bits per heavy atom. The minimum absolute atomic E-state index is 0.0883. The van der Waals surface area contributed by atoms with Gasteiger partial charge < -0.3 is 20.0 Å². The van der Waals surface area contributed by atoms with Crippen molar-refractivity contribution in [2.45, 2.75) is 56.9 Å². The summed E-state index contributed by atoms with van der Waals surface area (Å²) in [4.78, 5) is 56.4.